The molecule has 60 heavy (non-hydrogen) atoms. The standard InChI is InChI=1S/C38H62N4O16S2/c1-37(2,33(51)35(53)41-17-9-25(43)39-19-11-31(49)59-23-13-27(45)55-5)15-21-57-29(47)7-8-30(48)58-22-16-38(3,4)34(52)36(54)42-18-10-26(44)40-20-12-32(50)60-24-14-28(46)56-6/h33-34,51-52H,7-24H2,1-6H3,(H,39,43)(H,40,44)(H,41,53)(H,42,54)/t33-,34-/m0/s1. The van der Waals surface area contributed by atoms with E-state index < -0.39 is 70.5 Å². The van der Waals surface area contributed by atoms with Gasteiger partial charge in [-0.15, -0.1) is 0 Å². The Bertz CT molecular complexity index is 1350. The lowest BCUT2D eigenvalue weighted by Crippen LogP contribution is -2.45. The van der Waals surface area contributed by atoms with Crippen LogP contribution in [0.3, 0.4) is 0 Å². The van der Waals surface area contributed by atoms with Crippen LogP contribution < -0.4 is 21.3 Å². The second-order valence-corrected chi connectivity index (χ2v) is 16.9. The van der Waals surface area contributed by atoms with Crippen LogP contribution >= 0.6 is 23.5 Å². The molecule has 0 unspecified atom stereocenters. The van der Waals surface area contributed by atoms with Crippen molar-refractivity contribution in [3.8, 4) is 0 Å². The van der Waals surface area contributed by atoms with Gasteiger partial charge >= 0.3 is 23.9 Å². The number of ether oxygens (including phenoxy) is 4. The number of aliphatic hydroxyl groups is 2. The Hall–Kier alpha value is -4.28. The Morgan fingerprint density at radius 1 is 0.483 bits per heavy atom. The Labute approximate surface area is 358 Å². The Morgan fingerprint density at radius 3 is 1.15 bits per heavy atom. The number of carbonyl (C=O) groups is 10. The van der Waals surface area contributed by atoms with Crippen LogP contribution in [0.15, 0.2) is 0 Å². The van der Waals surface area contributed by atoms with E-state index in [1.165, 1.54) is 14.2 Å². The lowest BCUT2D eigenvalue weighted by Gasteiger charge is -2.29. The number of carbonyl (C=O) groups excluding carboxylic acids is 10. The topological polar surface area (TPSA) is 296 Å². The van der Waals surface area contributed by atoms with Crippen molar-refractivity contribution < 1.29 is 77.1 Å². The van der Waals surface area contributed by atoms with Crippen molar-refractivity contribution in [2.24, 2.45) is 10.8 Å². The van der Waals surface area contributed by atoms with E-state index in [0.29, 0.717) is 0 Å². The Morgan fingerprint density at radius 2 is 0.817 bits per heavy atom. The average molecular weight is 895 g/mol. The van der Waals surface area contributed by atoms with Gasteiger partial charge in [0.2, 0.25) is 23.6 Å². The molecular weight excluding hydrogens is 833 g/mol. The van der Waals surface area contributed by atoms with E-state index in [1.54, 1.807) is 27.7 Å². The zero-order valence-electron chi connectivity index (χ0n) is 35.3. The van der Waals surface area contributed by atoms with Crippen molar-refractivity contribution in [2.75, 3.05) is 65.1 Å². The van der Waals surface area contributed by atoms with Crippen LogP contribution in [0.25, 0.3) is 0 Å². The van der Waals surface area contributed by atoms with Gasteiger partial charge in [-0.3, -0.25) is 47.9 Å². The minimum absolute atomic E-state index is 0.0607. The lowest BCUT2D eigenvalue weighted by atomic mass is 9.83. The minimum atomic E-state index is -1.50. The van der Waals surface area contributed by atoms with Gasteiger partial charge in [0.1, 0.15) is 12.2 Å². The first-order chi connectivity index (χ1) is 28.1. The summed E-state index contributed by atoms with van der Waals surface area (Å²) in [6, 6.07) is 0. The highest BCUT2D eigenvalue weighted by molar-refractivity contribution is 8.13. The number of esters is 4. The average Bonchev–Trinajstić information content (AvgIpc) is 3.18. The molecule has 0 aliphatic heterocycles. The zero-order valence-corrected chi connectivity index (χ0v) is 36.9. The van der Waals surface area contributed by atoms with Gasteiger partial charge in [0.25, 0.3) is 0 Å². The molecule has 0 heterocycles. The molecule has 0 rings (SSSR count). The molecule has 20 nitrogen and oxygen atoms in total. The van der Waals surface area contributed by atoms with Gasteiger partial charge in [0.15, 0.2) is 10.2 Å². The monoisotopic (exact) mass is 894 g/mol. The summed E-state index contributed by atoms with van der Waals surface area (Å²) in [6.07, 6.45) is -3.31. The van der Waals surface area contributed by atoms with Crippen LogP contribution in [-0.2, 0) is 66.9 Å². The maximum absolute atomic E-state index is 12.5. The number of nitrogens with one attached hydrogen (secondary N) is 4. The van der Waals surface area contributed by atoms with E-state index in [9.17, 15) is 58.2 Å². The van der Waals surface area contributed by atoms with Crippen LogP contribution in [0, 0.1) is 10.8 Å². The van der Waals surface area contributed by atoms with Gasteiger partial charge in [0.05, 0.1) is 53.1 Å². The number of hydrogen-bond donors (Lipinski definition) is 6. The van der Waals surface area contributed by atoms with Gasteiger partial charge in [-0.2, -0.15) is 0 Å². The molecule has 0 saturated carbocycles. The molecule has 0 aromatic rings. The van der Waals surface area contributed by atoms with Gasteiger partial charge in [-0.25, -0.2) is 0 Å². The first-order valence-electron chi connectivity index (χ1n) is 19.4. The molecule has 342 valence electrons. The summed E-state index contributed by atoms with van der Waals surface area (Å²) in [6.45, 7) is 6.06. The fraction of sp³-hybridized carbons (Fsp3) is 0.737. The molecule has 0 aromatic heterocycles. The molecule has 0 fully saturated rings. The molecule has 2 atom stereocenters. The molecule has 0 aliphatic carbocycles. The van der Waals surface area contributed by atoms with E-state index >= 15 is 0 Å². The van der Waals surface area contributed by atoms with Gasteiger partial charge in [0, 0.05) is 74.2 Å². The molecule has 0 spiro atoms. The molecule has 0 saturated heterocycles. The fourth-order valence-electron chi connectivity index (χ4n) is 4.61. The number of amides is 4. The first-order valence-corrected chi connectivity index (χ1v) is 21.3. The second-order valence-electron chi connectivity index (χ2n) is 14.6. The van der Waals surface area contributed by atoms with Crippen molar-refractivity contribution in [1.29, 1.82) is 0 Å². The molecular formula is C38H62N4O16S2. The van der Waals surface area contributed by atoms with Gasteiger partial charge in [-0.05, 0) is 12.8 Å². The quantitative estimate of drug-likeness (QED) is 0.0397. The normalized spacial score (nSPS) is 12.2. The molecule has 6 N–H and O–H groups in total. The summed E-state index contributed by atoms with van der Waals surface area (Å²) in [5.74, 6) is -4.01. The Kier molecular flexibility index (Phi) is 28.5. The van der Waals surface area contributed by atoms with Crippen LogP contribution in [0.2, 0.25) is 0 Å². The van der Waals surface area contributed by atoms with E-state index in [2.05, 4.69) is 30.7 Å². The fourth-order valence-corrected chi connectivity index (χ4v) is 6.09. The van der Waals surface area contributed by atoms with Crippen molar-refractivity contribution >= 4 is 81.3 Å². The van der Waals surface area contributed by atoms with Crippen molar-refractivity contribution in [2.45, 2.75) is 104 Å². The first kappa shape index (κ1) is 55.7. The van der Waals surface area contributed by atoms with E-state index in [4.69, 9.17) is 9.47 Å². The number of rotatable bonds is 31. The molecule has 0 bridgehead atoms. The molecule has 4 amide bonds. The van der Waals surface area contributed by atoms with Crippen LogP contribution in [-0.4, -0.2) is 145 Å². The van der Waals surface area contributed by atoms with Gasteiger partial charge < -0.3 is 50.4 Å². The third kappa shape index (κ3) is 26.7. The highest BCUT2D eigenvalue weighted by atomic mass is 32.2. The molecule has 0 aliphatic rings. The van der Waals surface area contributed by atoms with Crippen LogP contribution in [0.1, 0.15) is 91.9 Å². The van der Waals surface area contributed by atoms with Crippen molar-refractivity contribution in [1.82, 2.24) is 21.3 Å². The molecule has 22 heteroatoms. The predicted octanol–water partition coefficient (Wildman–Crippen LogP) is 0.0784. The number of hydrogen-bond acceptors (Lipinski definition) is 18. The van der Waals surface area contributed by atoms with Gasteiger partial charge in [-0.1, -0.05) is 51.2 Å². The van der Waals surface area contributed by atoms with E-state index in [1.807, 2.05) is 0 Å². The SMILES string of the molecule is COC(=O)CCSC(=O)CCNC(=O)CCNC(=O)[C@H](O)C(C)(C)CCOC(=O)CCC(=O)OCCC(C)(C)[C@@H](O)C(=O)NCCC(=O)NCCC(=O)SCCC(=O)OC. The molecule has 0 aromatic carbocycles. The molecule has 0 radical (unpaired) electrons. The predicted molar refractivity (Wildman–Crippen MR) is 219 cm³/mol. The maximum Gasteiger partial charge on any atom is 0.306 e. The summed E-state index contributed by atoms with van der Waals surface area (Å²) >= 11 is 1.93. The summed E-state index contributed by atoms with van der Waals surface area (Å²) in [4.78, 5) is 119. The summed E-state index contributed by atoms with van der Waals surface area (Å²) in [7, 11) is 2.51. The third-order valence-electron chi connectivity index (χ3n) is 8.73. The maximum atomic E-state index is 12.5. The minimum Gasteiger partial charge on any atom is -0.469 e. The van der Waals surface area contributed by atoms with Crippen LogP contribution in [0.5, 0.6) is 0 Å². The van der Waals surface area contributed by atoms with Crippen molar-refractivity contribution in [3.05, 3.63) is 0 Å². The summed E-state index contributed by atoms with van der Waals surface area (Å²) in [5, 5.41) is 30.8. The van der Waals surface area contributed by atoms with Crippen LogP contribution in [0.4, 0.5) is 0 Å². The highest BCUT2D eigenvalue weighted by Gasteiger charge is 2.35. The summed E-state index contributed by atoms with van der Waals surface area (Å²) in [5.41, 5.74) is -2.06. The largest absolute Gasteiger partial charge is 0.469 e. The summed E-state index contributed by atoms with van der Waals surface area (Å²) < 4.78 is 19.3. The smallest absolute Gasteiger partial charge is 0.306 e. The second kappa shape index (κ2) is 30.7. The Balaban J connectivity index is 4.28. The number of methoxy groups -OCH3 is 2. The number of aliphatic hydroxyl groups excluding tert-OH is 2. The number of thioether (sulfide) groups is 2. The zero-order chi connectivity index (χ0) is 45.7. The highest BCUT2D eigenvalue weighted by Crippen LogP contribution is 2.27. The third-order valence-corrected chi connectivity index (χ3v) is 10.6. The van der Waals surface area contributed by atoms with E-state index in [-0.39, 0.29) is 125 Å². The lowest BCUT2D eigenvalue weighted by molar-refractivity contribution is -0.152. The van der Waals surface area contributed by atoms with E-state index in [0.717, 1.165) is 23.5 Å². The van der Waals surface area contributed by atoms with Crippen molar-refractivity contribution in [3.63, 3.8) is 0 Å².